The van der Waals surface area contributed by atoms with Gasteiger partial charge in [0, 0.05) is 30.2 Å². The van der Waals surface area contributed by atoms with Gasteiger partial charge >= 0.3 is 6.09 Å². The average molecular weight is 422 g/mol. The molecule has 1 fully saturated rings. The summed E-state index contributed by atoms with van der Waals surface area (Å²) in [5.41, 5.74) is 2.96. The molecule has 1 saturated heterocycles. The summed E-state index contributed by atoms with van der Waals surface area (Å²) < 4.78 is 32.5. The fourth-order valence-electron chi connectivity index (χ4n) is 3.67. The van der Waals surface area contributed by atoms with Crippen LogP contribution in [0.5, 0.6) is 0 Å². The van der Waals surface area contributed by atoms with Crippen LogP contribution in [0.15, 0.2) is 30.3 Å². The summed E-state index contributed by atoms with van der Waals surface area (Å²) in [7, 11) is -3.51. The van der Waals surface area contributed by atoms with Gasteiger partial charge in [0.15, 0.2) is 0 Å². The summed E-state index contributed by atoms with van der Waals surface area (Å²) in [6, 6.07) is 9.32. The lowest BCUT2D eigenvalue weighted by atomic mass is 10.1. The number of pyridine rings is 1. The third kappa shape index (κ3) is 5.65. The molecule has 158 valence electrons. The van der Waals surface area contributed by atoms with E-state index >= 15 is 0 Å². The summed E-state index contributed by atoms with van der Waals surface area (Å²) in [6.07, 6.45) is -0.00819. The molecule has 0 saturated carbocycles. The maximum Gasteiger partial charge on any atom is 0.404 e. The number of nitrogens with one attached hydrogen (secondary N) is 1. The Morgan fingerprint density at radius 1 is 1.34 bits per heavy atom. The number of rotatable bonds is 7. The van der Waals surface area contributed by atoms with E-state index in [0.717, 1.165) is 22.2 Å². The normalized spacial score (nSPS) is 17.3. The van der Waals surface area contributed by atoms with Crippen molar-refractivity contribution < 1.29 is 23.1 Å². The molecule has 0 bridgehead atoms. The number of amides is 1. The van der Waals surface area contributed by atoms with Crippen LogP contribution in [0.1, 0.15) is 31.0 Å². The van der Waals surface area contributed by atoms with E-state index in [1.54, 1.807) is 6.92 Å². The van der Waals surface area contributed by atoms with Crippen LogP contribution in [0.25, 0.3) is 10.9 Å². The standard InChI is InChI=1S/C20H27N3O5S/c1-14-11-16(18-5-3-4-6-19(18)21-14)12-28-17-7-9-23(10-8-17)29(26,27)13-15(2)22-20(24)25/h3-6,11,15,17,22H,7-10,12-13H2,1-2H3,(H,24,25). The van der Waals surface area contributed by atoms with Gasteiger partial charge in [-0.05, 0) is 44.4 Å². The lowest BCUT2D eigenvalue weighted by molar-refractivity contribution is 0.0107. The zero-order valence-electron chi connectivity index (χ0n) is 16.7. The van der Waals surface area contributed by atoms with E-state index in [0.29, 0.717) is 32.5 Å². The van der Waals surface area contributed by atoms with Crippen LogP contribution in [0, 0.1) is 6.92 Å². The topological polar surface area (TPSA) is 109 Å². The highest BCUT2D eigenvalue weighted by Gasteiger charge is 2.30. The first kappa shape index (κ1) is 21.5. The third-order valence-corrected chi connectivity index (χ3v) is 7.10. The molecule has 1 aromatic carbocycles. The van der Waals surface area contributed by atoms with E-state index in [4.69, 9.17) is 9.84 Å². The average Bonchev–Trinajstić information content (AvgIpc) is 2.65. The van der Waals surface area contributed by atoms with Gasteiger partial charge in [-0.25, -0.2) is 17.5 Å². The molecule has 9 heteroatoms. The molecule has 3 rings (SSSR count). The van der Waals surface area contributed by atoms with Gasteiger partial charge in [0.2, 0.25) is 10.0 Å². The molecule has 0 spiro atoms. The van der Waals surface area contributed by atoms with Crippen LogP contribution in [-0.2, 0) is 21.4 Å². The molecule has 0 radical (unpaired) electrons. The Bertz CT molecular complexity index is 971. The predicted molar refractivity (Wildman–Crippen MR) is 110 cm³/mol. The van der Waals surface area contributed by atoms with Crippen molar-refractivity contribution in [1.82, 2.24) is 14.6 Å². The fourth-order valence-corrected chi connectivity index (χ4v) is 5.37. The lowest BCUT2D eigenvalue weighted by Gasteiger charge is -2.32. The molecule has 1 aliphatic rings. The van der Waals surface area contributed by atoms with Crippen molar-refractivity contribution in [2.75, 3.05) is 18.8 Å². The second kappa shape index (κ2) is 9.06. The van der Waals surface area contributed by atoms with Gasteiger partial charge in [-0.2, -0.15) is 0 Å². The predicted octanol–water partition coefficient (Wildman–Crippen LogP) is 2.51. The Morgan fingerprint density at radius 3 is 2.72 bits per heavy atom. The Labute approximate surface area is 170 Å². The summed E-state index contributed by atoms with van der Waals surface area (Å²) in [5, 5.41) is 12.0. The molecule has 2 aromatic rings. The molecule has 0 aliphatic carbocycles. The number of aryl methyl sites for hydroxylation is 1. The molecule has 2 heterocycles. The largest absolute Gasteiger partial charge is 0.465 e. The zero-order chi connectivity index (χ0) is 21.0. The van der Waals surface area contributed by atoms with Gasteiger partial charge in [-0.3, -0.25) is 4.98 Å². The Balaban J connectivity index is 1.55. The second-order valence-corrected chi connectivity index (χ2v) is 9.49. The Kier molecular flexibility index (Phi) is 6.71. The number of ether oxygens (including phenoxy) is 1. The quantitative estimate of drug-likeness (QED) is 0.711. The smallest absolute Gasteiger partial charge is 0.404 e. The summed E-state index contributed by atoms with van der Waals surface area (Å²) >= 11 is 0. The van der Waals surface area contributed by atoms with Gasteiger partial charge in [0.1, 0.15) is 0 Å². The van der Waals surface area contributed by atoms with Crippen LogP contribution in [-0.4, -0.2) is 59.9 Å². The maximum absolute atomic E-state index is 12.5. The van der Waals surface area contributed by atoms with E-state index < -0.39 is 22.2 Å². The highest BCUT2D eigenvalue weighted by molar-refractivity contribution is 7.89. The van der Waals surface area contributed by atoms with Crippen molar-refractivity contribution in [2.45, 2.75) is 45.4 Å². The molecule has 1 unspecified atom stereocenters. The summed E-state index contributed by atoms with van der Waals surface area (Å²) in [4.78, 5) is 15.2. The molecule has 1 aromatic heterocycles. The number of aromatic nitrogens is 1. The molecule has 29 heavy (non-hydrogen) atoms. The van der Waals surface area contributed by atoms with Gasteiger partial charge in [-0.1, -0.05) is 18.2 Å². The first-order chi connectivity index (χ1) is 13.7. The summed E-state index contributed by atoms with van der Waals surface area (Å²) in [6.45, 7) is 4.72. The lowest BCUT2D eigenvalue weighted by Crippen LogP contribution is -2.46. The van der Waals surface area contributed by atoms with Gasteiger partial charge < -0.3 is 15.2 Å². The van der Waals surface area contributed by atoms with Gasteiger partial charge in [0.05, 0.1) is 24.0 Å². The monoisotopic (exact) mass is 421 g/mol. The summed E-state index contributed by atoms with van der Waals surface area (Å²) in [5.74, 6) is -0.243. The number of hydrogen-bond acceptors (Lipinski definition) is 5. The number of sulfonamides is 1. The van der Waals surface area contributed by atoms with E-state index in [1.807, 2.05) is 37.3 Å². The van der Waals surface area contributed by atoms with Crippen molar-refractivity contribution in [3.63, 3.8) is 0 Å². The fraction of sp³-hybridized carbons (Fsp3) is 0.500. The number of carbonyl (C=O) groups is 1. The first-order valence-electron chi connectivity index (χ1n) is 9.69. The minimum Gasteiger partial charge on any atom is -0.465 e. The van der Waals surface area contributed by atoms with Crippen LogP contribution in [0.3, 0.4) is 0 Å². The van der Waals surface area contributed by atoms with E-state index in [2.05, 4.69) is 10.3 Å². The minimum atomic E-state index is -3.51. The first-order valence-corrected chi connectivity index (χ1v) is 11.3. The van der Waals surface area contributed by atoms with Crippen molar-refractivity contribution in [2.24, 2.45) is 0 Å². The number of para-hydroxylation sites is 1. The van der Waals surface area contributed by atoms with Crippen molar-refractivity contribution in [3.8, 4) is 0 Å². The molecular formula is C20H27N3O5S. The van der Waals surface area contributed by atoms with Gasteiger partial charge in [0.25, 0.3) is 0 Å². The van der Waals surface area contributed by atoms with Crippen LogP contribution < -0.4 is 5.32 Å². The Hall–Kier alpha value is -2.23. The highest BCUT2D eigenvalue weighted by atomic mass is 32.2. The molecule has 1 amide bonds. The number of nitrogens with zero attached hydrogens (tertiary/aromatic N) is 2. The molecular weight excluding hydrogens is 394 g/mol. The minimum absolute atomic E-state index is 0.0109. The molecule has 2 N–H and O–H groups in total. The van der Waals surface area contributed by atoms with Gasteiger partial charge in [-0.15, -0.1) is 0 Å². The van der Waals surface area contributed by atoms with E-state index in [9.17, 15) is 13.2 Å². The zero-order valence-corrected chi connectivity index (χ0v) is 17.5. The van der Waals surface area contributed by atoms with E-state index in [-0.39, 0.29) is 11.9 Å². The number of piperidine rings is 1. The highest BCUT2D eigenvalue weighted by Crippen LogP contribution is 2.22. The van der Waals surface area contributed by atoms with Crippen LogP contribution in [0.4, 0.5) is 4.79 Å². The van der Waals surface area contributed by atoms with Crippen molar-refractivity contribution in [3.05, 3.63) is 41.6 Å². The number of hydrogen-bond donors (Lipinski definition) is 2. The third-order valence-electron chi connectivity index (χ3n) is 5.03. The SMILES string of the molecule is Cc1cc(COC2CCN(S(=O)(=O)CC(C)NC(=O)O)CC2)c2ccccc2n1. The van der Waals surface area contributed by atoms with Crippen molar-refractivity contribution in [1.29, 1.82) is 0 Å². The number of carboxylic acid groups (broad SMARTS) is 1. The Morgan fingerprint density at radius 2 is 2.03 bits per heavy atom. The maximum atomic E-state index is 12.5. The van der Waals surface area contributed by atoms with Crippen LogP contribution >= 0.6 is 0 Å². The number of benzene rings is 1. The van der Waals surface area contributed by atoms with Crippen LogP contribution in [0.2, 0.25) is 0 Å². The van der Waals surface area contributed by atoms with E-state index in [1.165, 1.54) is 4.31 Å². The van der Waals surface area contributed by atoms with Crippen molar-refractivity contribution >= 4 is 27.0 Å². The molecule has 1 atom stereocenters. The number of fused-ring (bicyclic) bond motifs is 1. The molecule has 1 aliphatic heterocycles. The second-order valence-electron chi connectivity index (χ2n) is 7.48. The molecule has 8 nitrogen and oxygen atoms in total.